The quantitative estimate of drug-likeness (QED) is 0.647. The van der Waals surface area contributed by atoms with Gasteiger partial charge in [-0.25, -0.2) is 0 Å². The van der Waals surface area contributed by atoms with E-state index in [1.165, 1.54) is 11.3 Å². The number of benzene rings is 1. The number of aliphatic hydroxyl groups is 1. The molecule has 1 aromatic carbocycles. The van der Waals surface area contributed by atoms with Gasteiger partial charge in [-0.15, -0.1) is 0 Å². The molecular formula is C10H12NO. The predicted molar refractivity (Wildman–Crippen MR) is 48.0 cm³/mol. The first kappa shape index (κ1) is 7.62. The highest BCUT2D eigenvalue weighted by atomic mass is 16.3. The SMILES string of the molecule is OCC1CNc2c[c]ccc2C1. The summed E-state index contributed by atoms with van der Waals surface area (Å²) in [5, 5.41) is 12.2. The molecule has 1 unspecified atom stereocenters. The van der Waals surface area contributed by atoms with Gasteiger partial charge < -0.3 is 10.4 Å². The maximum Gasteiger partial charge on any atom is 0.0479 e. The van der Waals surface area contributed by atoms with E-state index in [2.05, 4.69) is 17.4 Å². The monoisotopic (exact) mass is 162 g/mol. The van der Waals surface area contributed by atoms with Crippen molar-refractivity contribution in [2.75, 3.05) is 18.5 Å². The molecule has 1 heterocycles. The van der Waals surface area contributed by atoms with Crippen LogP contribution in [0.1, 0.15) is 5.56 Å². The van der Waals surface area contributed by atoms with E-state index in [4.69, 9.17) is 5.11 Å². The maximum atomic E-state index is 8.97. The number of hydrogen-bond acceptors (Lipinski definition) is 2. The summed E-state index contributed by atoms with van der Waals surface area (Å²) in [6, 6.07) is 8.97. The van der Waals surface area contributed by atoms with Crippen LogP contribution in [0.2, 0.25) is 0 Å². The van der Waals surface area contributed by atoms with Gasteiger partial charge in [0.15, 0.2) is 0 Å². The Balaban J connectivity index is 2.23. The summed E-state index contributed by atoms with van der Waals surface area (Å²) in [4.78, 5) is 0. The minimum atomic E-state index is 0.269. The molecule has 12 heavy (non-hydrogen) atoms. The fourth-order valence-corrected chi connectivity index (χ4v) is 1.57. The van der Waals surface area contributed by atoms with Crippen molar-refractivity contribution in [2.24, 2.45) is 5.92 Å². The molecule has 2 heteroatoms. The zero-order chi connectivity index (χ0) is 8.39. The molecule has 0 aliphatic carbocycles. The molecule has 1 aromatic rings. The normalized spacial score (nSPS) is 21.2. The zero-order valence-electron chi connectivity index (χ0n) is 6.88. The van der Waals surface area contributed by atoms with Crippen LogP contribution in [0, 0.1) is 12.0 Å². The van der Waals surface area contributed by atoms with Crippen molar-refractivity contribution in [2.45, 2.75) is 6.42 Å². The maximum absolute atomic E-state index is 8.97. The molecule has 1 atom stereocenters. The van der Waals surface area contributed by atoms with Crippen molar-refractivity contribution >= 4 is 5.69 Å². The molecule has 1 aliphatic heterocycles. The lowest BCUT2D eigenvalue weighted by Gasteiger charge is -2.24. The zero-order valence-corrected chi connectivity index (χ0v) is 6.88. The van der Waals surface area contributed by atoms with Crippen LogP contribution >= 0.6 is 0 Å². The topological polar surface area (TPSA) is 32.3 Å². The summed E-state index contributed by atoms with van der Waals surface area (Å²) in [5.74, 6) is 0.375. The number of anilines is 1. The molecule has 2 nitrogen and oxygen atoms in total. The van der Waals surface area contributed by atoms with Gasteiger partial charge in [0.1, 0.15) is 0 Å². The fraction of sp³-hybridized carbons (Fsp3) is 0.400. The van der Waals surface area contributed by atoms with Crippen molar-refractivity contribution in [3.8, 4) is 0 Å². The third-order valence-corrected chi connectivity index (χ3v) is 2.30. The molecular weight excluding hydrogens is 150 g/mol. The second-order valence-corrected chi connectivity index (χ2v) is 3.22. The number of nitrogens with one attached hydrogen (secondary N) is 1. The highest BCUT2D eigenvalue weighted by Crippen LogP contribution is 2.23. The Labute approximate surface area is 72.2 Å². The average Bonchev–Trinajstić information content (AvgIpc) is 2.17. The number of fused-ring (bicyclic) bond motifs is 1. The summed E-state index contributed by atoms with van der Waals surface area (Å²) < 4.78 is 0. The van der Waals surface area contributed by atoms with Crippen LogP contribution in [0.15, 0.2) is 18.2 Å². The van der Waals surface area contributed by atoms with Gasteiger partial charge in [-0.2, -0.15) is 0 Å². The molecule has 1 radical (unpaired) electrons. The Morgan fingerprint density at radius 1 is 1.67 bits per heavy atom. The van der Waals surface area contributed by atoms with Crippen LogP contribution in [0.25, 0.3) is 0 Å². The van der Waals surface area contributed by atoms with E-state index < -0.39 is 0 Å². The minimum absolute atomic E-state index is 0.269. The predicted octanol–water partition coefficient (Wildman–Crippen LogP) is 1.06. The van der Waals surface area contributed by atoms with Gasteiger partial charge >= 0.3 is 0 Å². The molecule has 0 bridgehead atoms. The minimum Gasteiger partial charge on any atom is -0.396 e. The Kier molecular flexibility index (Phi) is 2.00. The molecule has 0 fully saturated rings. The third-order valence-electron chi connectivity index (χ3n) is 2.30. The molecule has 0 spiro atoms. The number of rotatable bonds is 1. The van der Waals surface area contributed by atoms with E-state index in [1.54, 1.807) is 0 Å². The molecule has 0 saturated heterocycles. The number of aliphatic hydroxyl groups excluding tert-OH is 1. The van der Waals surface area contributed by atoms with Crippen LogP contribution in [0.4, 0.5) is 5.69 Å². The summed E-state index contributed by atoms with van der Waals surface area (Å²) >= 11 is 0. The Morgan fingerprint density at radius 3 is 3.42 bits per heavy atom. The van der Waals surface area contributed by atoms with Gasteiger partial charge in [0.05, 0.1) is 0 Å². The highest BCUT2D eigenvalue weighted by molar-refractivity contribution is 5.52. The fourth-order valence-electron chi connectivity index (χ4n) is 1.57. The lowest BCUT2D eigenvalue weighted by molar-refractivity contribution is 0.230. The van der Waals surface area contributed by atoms with E-state index in [0.717, 1.165) is 13.0 Å². The Hall–Kier alpha value is -1.02. The van der Waals surface area contributed by atoms with Gasteiger partial charge in [-0.1, -0.05) is 12.1 Å². The summed E-state index contributed by atoms with van der Waals surface area (Å²) in [6.45, 7) is 1.15. The van der Waals surface area contributed by atoms with Crippen molar-refractivity contribution in [1.82, 2.24) is 0 Å². The number of hydrogen-bond donors (Lipinski definition) is 2. The van der Waals surface area contributed by atoms with Gasteiger partial charge in [0.2, 0.25) is 0 Å². The first-order valence-electron chi connectivity index (χ1n) is 4.24. The van der Waals surface area contributed by atoms with Crippen molar-refractivity contribution < 1.29 is 5.11 Å². The van der Waals surface area contributed by atoms with Crippen LogP contribution in [0.3, 0.4) is 0 Å². The summed E-state index contributed by atoms with van der Waals surface area (Å²) in [6.07, 6.45) is 0.980. The second kappa shape index (κ2) is 3.15. The first-order chi connectivity index (χ1) is 5.90. The van der Waals surface area contributed by atoms with Crippen molar-refractivity contribution in [3.63, 3.8) is 0 Å². The van der Waals surface area contributed by atoms with Crippen molar-refractivity contribution in [3.05, 3.63) is 29.8 Å². The van der Waals surface area contributed by atoms with Crippen LogP contribution in [-0.2, 0) is 6.42 Å². The molecule has 2 rings (SSSR count). The van der Waals surface area contributed by atoms with Gasteiger partial charge in [-0.3, -0.25) is 0 Å². The van der Waals surface area contributed by atoms with E-state index in [-0.39, 0.29) is 6.61 Å². The van der Waals surface area contributed by atoms with E-state index >= 15 is 0 Å². The second-order valence-electron chi connectivity index (χ2n) is 3.22. The molecule has 63 valence electrons. The molecule has 0 saturated carbocycles. The van der Waals surface area contributed by atoms with Crippen LogP contribution in [-0.4, -0.2) is 18.3 Å². The van der Waals surface area contributed by atoms with Crippen LogP contribution in [0.5, 0.6) is 0 Å². The Bertz CT molecular complexity index is 272. The molecule has 0 amide bonds. The smallest absolute Gasteiger partial charge is 0.0479 e. The Morgan fingerprint density at radius 2 is 2.58 bits per heavy atom. The molecule has 0 aromatic heterocycles. The van der Waals surface area contributed by atoms with Gasteiger partial charge in [0, 0.05) is 24.8 Å². The standard InChI is InChI=1S/C10H12NO/c12-7-8-5-9-3-1-2-4-10(9)11-6-8/h1,3-4,8,11-12H,5-7H2. The first-order valence-corrected chi connectivity index (χ1v) is 4.24. The van der Waals surface area contributed by atoms with Gasteiger partial charge in [-0.05, 0) is 24.1 Å². The highest BCUT2D eigenvalue weighted by Gasteiger charge is 2.16. The van der Waals surface area contributed by atoms with E-state index in [9.17, 15) is 0 Å². The van der Waals surface area contributed by atoms with Crippen molar-refractivity contribution in [1.29, 1.82) is 0 Å². The summed E-state index contributed by atoms with van der Waals surface area (Å²) in [7, 11) is 0. The van der Waals surface area contributed by atoms with E-state index in [1.807, 2.05) is 12.1 Å². The molecule has 1 aliphatic rings. The summed E-state index contributed by atoms with van der Waals surface area (Å²) in [5.41, 5.74) is 2.46. The van der Waals surface area contributed by atoms with E-state index in [0.29, 0.717) is 5.92 Å². The van der Waals surface area contributed by atoms with Crippen LogP contribution < -0.4 is 5.32 Å². The lowest BCUT2D eigenvalue weighted by Crippen LogP contribution is -2.25. The average molecular weight is 162 g/mol. The largest absolute Gasteiger partial charge is 0.396 e. The molecule has 2 N–H and O–H groups in total. The lowest BCUT2D eigenvalue weighted by atomic mass is 9.95. The third kappa shape index (κ3) is 1.30. The van der Waals surface area contributed by atoms with Gasteiger partial charge in [0.25, 0.3) is 0 Å².